The number of aromatic nitrogens is 1. The molecule has 0 aliphatic carbocycles. The molecule has 0 unspecified atom stereocenters. The average Bonchev–Trinajstić information content (AvgIpc) is 2.87. The molecule has 3 rings (SSSR count). The number of nitrogens with zero attached hydrogens (tertiary/aromatic N) is 2. The lowest BCUT2D eigenvalue weighted by Crippen LogP contribution is -2.08. The van der Waals surface area contributed by atoms with Crippen molar-refractivity contribution >= 4 is 22.5 Å². The molecule has 0 saturated carbocycles. The maximum Gasteiger partial charge on any atom is 0.302 e. The van der Waals surface area contributed by atoms with Gasteiger partial charge in [-0.05, 0) is 31.2 Å². The van der Waals surface area contributed by atoms with Gasteiger partial charge in [-0.15, -0.1) is 10.2 Å². The molecule has 0 bridgehead atoms. The second-order valence-electron chi connectivity index (χ2n) is 5.18. The molecule has 0 fully saturated rings. The fourth-order valence-corrected chi connectivity index (χ4v) is 2.21. The van der Waals surface area contributed by atoms with E-state index in [1.54, 1.807) is 12.1 Å². The Morgan fingerprint density at radius 2 is 2.08 bits per heavy atom. The first-order valence-electron chi connectivity index (χ1n) is 7.18. The number of nitrogens with one attached hydrogen (secondary N) is 1. The molecule has 7 heteroatoms. The van der Waals surface area contributed by atoms with Crippen LogP contribution in [0.25, 0.3) is 10.9 Å². The summed E-state index contributed by atoms with van der Waals surface area (Å²) in [5.41, 5.74) is 1.84. The lowest BCUT2D eigenvalue weighted by Gasteiger charge is -2.03. The van der Waals surface area contributed by atoms with E-state index < -0.39 is 18.3 Å². The van der Waals surface area contributed by atoms with Crippen LogP contribution in [-0.4, -0.2) is 22.6 Å². The summed E-state index contributed by atoms with van der Waals surface area (Å²) in [6, 6.07) is 11.3. The Kier molecular flexibility index (Phi) is 4.24. The summed E-state index contributed by atoms with van der Waals surface area (Å²) >= 11 is 0. The van der Waals surface area contributed by atoms with E-state index in [1.807, 2.05) is 19.1 Å². The number of carbonyl (C=O) groups is 1. The summed E-state index contributed by atoms with van der Waals surface area (Å²) in [6.07, 6.45) is 0. The first-order valence-corrected chi connectivity index (χ1v) is 7.18. The number of carbonyl (C=O) groups excluding carboxylic acids is 1. The second-order valence-corrected chi connectivity index (χ2v) is 5.18. The molecule has 0 radical (unpaired) electrons. The van der Waals surface area contributed by atoms with Crippen molar-refractivity contribution in [2.75, 3.05) is 6.61 Å². The van der Waals surface area contributed by atoms with Crippen molar-refractivity contribution < 1.29 is 19.0 Å². The van der Waals surface area contributed by atoms with Crippen LogP contribution in [-0.2, 0) is 4.79 Å². The van der Waals surface area contributed by atoms with Crippen LogP contribution in [0, 0.1) is 12.7 Å². The standard InChI is InChI=1S/C17H14FN3O3/c1-10-6-7-13-11(8-10)16(17(23)19-13)21-20-15(22)9-24-14-5-3-2-4-12(14)18/h2-8,19,23H,9H2,1H3. The number of H-pyrrole nitrogens is 1. The molecular formula is C17H14FN3O3. The number of hydrogen-bond donors (Lipinski definition) is 2. The molecule has 0 aliphatic rings. The number of hydrogen-bond acceptors (Lipinski definition) is 4. The van der Waals surface area contributed by atoms with E-state index in [0.29, 0.717) is 10.9 Å². The number of aryl methyl sites for hydroxylation is 1. The SMILES string of the molecule is Cc1ccc2[nH]c(O)c(N=NC(=O)COc3ccccc3F)c2c1. The molecule has 0 spiro atoms. The molecule has 1 amide bonds. The monoisotopic (exact) mass is 327 g/mol. The Balaban J connectivity index is 1.74. The molecule has 0 atom stereocenters. The van der Waals surface area contributed by atoms with Crippen LogP contribution in [0.2, 0.25) is 0 Å². The van der Waals surface area contributed by atoms with Gasteiger partial charge in [0, 0.05) is 5.39 Å². The summed E-state index contributed by atoms with van der Waals surface area (Å²) in [5.74, 6) is -1.47. The van der Waals surface area contributed by atoms with E-state index in [9.17, 15) is 14.3 Å². The number of fused-ring (bicyclic) bond motifs is 1. The van der Waals surface area contributed by atoms with Crippen LogP contribution < -0.4 is 4.74 Å². The van der Waals surface area contributed by atoms with Crippen LogP contribution in [0.15, 0.2) is 52.7 Å². The third kappa shape index (κ3) is 3.24. The molecule has 2 N–H and O–H groups in total. The largest absolute Gasteiger partial charge is 0.493 e. The number of para-hydroxylation sites is 1. The van der Waals surface area contributed by atoms with Crippen molar-refractivity contribution in [3.05, 3.63) is 53.8 Å². The van der Waals surface area contributed by atoms with Gasteiger partial charge in [0.15, 0.2) is 23.9 Å². The third-order valence-corrected chi connectivity index (χ3v) is 3.36. The fraction of sp³-hybridized carbons (Fsp3) is 0.118. The van der Waals surface area contributed by atoms with E-state index in [4.69, 9.17) is 4.74 Å². The van der Waals surface area contributed by atoms with Gasteiger partial charge in [0.1, 0.15) is 0 Å². The summed E-state index contributed by atoms with van der Waals surface area (Å²) in [7, 11) is 0. The van der Waals surface area contributed by atoms with Crippen molar-refractivity contribution in [1.82, 2.24) is 4.98 Å². The van der Waals surface area contributed by atoms with Gasteiger partial charge in [0.25, 0.3) is 0 Å². The first kappa shape index (κ1) is 15.7. The lowest BCUT2D eigenvalue weighted by atomic mass is 10.2. The molecule has 24 heavy (non-hydrogen) atoms. The zero-order chi connectivity index (χ0) is 17.1. The summed E-state index contributed by atoms with van der Waals surface area (Å²) in [4.78, 5) is 14.5. The Morgan fingerprint density at radius 1 is 1.29 bits per heavy atom. The highest BCUT2D eigenvalue weighted by molar-refractivity contribution is 5.94. The summed E-state index contributed by atoms with van der Waals surface area (Å²) < 4.78 is 18.4. The maximum atomic E-state index is 13.4. The van der Waals surface area contributed by atoms with Crippen molar-refractivity contribution in [3.8, 4) is 11.6 Å². The predicted octanol–water partition coefficient (Wildman–Crippen LogP) is 4.01. The number of amides is 1. The van der Waals surface area contributed by atoms with E-state index in [2.05, 4.69) is 15.2 Å². The number of aromatic hydroxyl groups is 1. The number of aromatic amines is 1. The molecule has 0 saturated heterocycles. The lowest BCUT2D eigenvalue weighted by molar-refractivity contribution is -0.120. The predicted molar refractivity (Wildman–Crippen MR) is 86.1 cm³/mol. The van der Waals surface area contributed by atoms with E-state index in [-0.39, 0.29) is 17.3 Å². The van der Waals surface area contributed by atoms with Crippen molar-refractivity contribution in [1.29, 1.82) is 0 Å². The van der Waals surface area contributed by atoms with Gasteiger partial charge in [0.05, 0.1) is 5.52 Å². The minimum atomic E-state index is -0.695. The van der Waals surface area contributed by atoms with Crippen molar-refractivity contribution in [2.45, 2.75) is 6.92 Å². The summed E-state index contributed by atoms with van der Waals surface area (Å²) in [5, 5.41) is 17.8. The number of azo groups is 1. The molecule has 6 nitrogen and oxygen atoms in total. The van der Waals surface area contributed by atoms with Crippen molar-refractivity contribution in [3.63, 3.8) is 0 Å². The van der Waals surface area contributed by atoms with Crippen LogP contribution >= 0.6 is 0 Å². The van der Waals surface area contributed by atoms with Crippen molar-refractivity contribution in [2.24, 2.45) is 10.2 Å². The van der Waals surface area contributed by atoms with E-state index in [1.165, 1.54) is 18.2 Å². The van der Waals surface area contributed by atoms with Gasteiger partial charge in [-0.1, -0.05) is 23.8 Å². The highest BCUT2D eigenvalue weighted by atomic mass is 19.1. The fourth-order valence-electron chi connectivity index (χ4n) is 2.21. The smallest absolute Gasteiger partial charge is 0.302 e. The number of rotatable bonds is 4. The number of halogens is 1. The molecule has 1 aromatic heterocycles. The Labute approximate surface area is 136 Å². The molecule has 3 aromatic rings. The first-order chi connectivity index (χ1) is 11.5. The van der Waals surface area contributed by atoms with E-state index in [0.717, 1.165) is 5.56 Å². The van der Waals surface area contributed by atoms with Gasteiger partial charge in [-0.3, -0.25) is 4.79 Å². The quantitative estimate of drug-likeness (QED) is 0.710. The second kappa shape index (κ2) is 6.49. The highest BCUT2D eigenvalue weighted by Gasteiger charge is 2.11. The molecule has 122 valence electrons. The van der Waals surface area contributed by atoms with Crippen LogP contribution in [0.5, 0.6) is 11.6 Å². The molecule has 1 heterocycles. The van der Waals surface area contributed by atoms with E-state index >= 15 is 0 Å². The minimum absolute atomic E-state index is 0.0355. The maximum absolute atomic E-state index is 13.4. The zero-order valence-electron chi connectivity index (χ0n) is 12.8. The average molecular weight is 327 g/mol. The number of benzene rings is 2. The molecule has 0 aliphatic heterocycles. The molecule has 2 aromatic carbocycles. The normalized spacial score (nSPS) is 11.2. The van der Waals surface area contributed by atoms with Gasteiger partial charge < -0.3 is 14.8 Å². The van der Waals surface area contributed by atoms with Gasteiger partial charge in [0.2, 0.25) is 5.88 Å². The Hall–Kier alpha value is -3.22. The minimum Gasteiger partial charge on any atom is -0.493 e. The Morgan fingerprint density at radius 3 is 2.88 bits per heavy atom. The third-order valence-electron chi connectivity index (χ3n) is 3.36. The van der Waals surface area contributed by atoms with Gasteiger partial charge in [-0.25, -0.2) is 4.39 Å². The zero-order valence-corrected chi connectivity index (χ0v) is 12.8. The highest BCUT2D eigenvalue weighted by Crippen LogP contribution is 2.35. The van der Waals surface area contributed by atoms with Gasteiger partial charge in [-0.2, -0.15) is 0 Å². The van der Waals surface area contributed by atoms with Gasteiger partial charge >= 0.3 is 5.91 Å². The van der Waals surface area contributed by atoms with Crippen LogP contribution in [0.3, 0.4) is 0 Å². The Bertz CT molecular complexity index is 934. The molecular weight excluding hydrogens is 313 g/mol. The summed E-state index contributed by atoms with van der Waals surface area (Å²) in [6.45, 7) is 1.45. The topological polar surface area (TPSA) is 87.0 Å². The van der Waals surface area contributed by atoms with Crippen LogP contribution in [0.4, 0.5) is 10.1 Å². The number of ether oxygens (including phenoxy) is 1. The van der Waals surface area contributed by atoms with Crippen LogP contribution in [0.1, 0.15) is 5.56 Å².